The van der Waals surface area contributed by atoms with Crippen LogP contribution in [0.2, 0.25) is 5.02 Å². The minimum atomic E-state index is -0.365. The average Bonchev–Trinajstić information content (AvgIpc) is 2.37. The Hall–Kier alpha value is -1.46. The number of nitrogens with zero attached hydrogens (tertiary/aromatic N) is 1. The Morgan fingerprint density at radius 2 is 1.95 bits per heavy atom. The van der Waals surface area contributed by atoms with E-state index in [1.807, 2.05) is 32.9 Å². The summed E-state index contributed by atoms with van der Waals surface area (Å²) in [5.41, 5.74) is 6.86. The van der Waals surface area contributed by atoms with Gasteiger partial charge < -0.3 is 15.8 Å². The Morgan fingerprint density at radius 1 is 1.24 bits per heavy atom. The third kappa shape index (κ3) is 4.25. The molecular formula is C15H17BrClN3O. The molecule has 0 aliphatic heterocycles. The average molecular weight is 371 g/mol. The molecule has 21 heavy (non-hydrogen) atoms. The van der Waals surface area contributed by atoms with Gasteiger partial charge in [0.25, 0.3) is 0 Å². The Bertz CT molecular complexity index is 656. The van der Waals surface area contributed by atoms with Crippen molar-refractivity contribution in [3.05, 3.63) is 39.8 Å². The van der Waals surface area contributed by atoms with Gasteiger partial charge in [-0.25, -0.2) is 0 Å². The lowest BCUT2D eigenvalue weighted by Crippen LogP contribution is -2.24. The standard InChI is InChI=1S/C15H17BrClN3O/c1-15(2,3)21-14-10(18)7-8-12(20-14)19-11-6-4-5-9(17)13(11)16/h4-8H,18H2,1-3H3,(H,19,20). The minimum Gasteiger partial charge on any atom is -0.470 e. The predicted molar refractivity (Wildman–Crippen MR) is 91.5 cm³/mol. The number of aromatic nitrogens is 1. The monoisotopic (exact) mass is 369 g/mol. The zero-order valence-corrected chi connectivity index (χ0v) is 14.4. The molecule has 0 spiro atoms. The molecule has 6 heteroatoms. The first-order valence-electron chi connectivity index (χ1n) is 6.43. The smallest absolute Gasteiger partial charge is 0.239 e. The first kappa shape index (κ1) is 15.9. The Labute approximate surface area is 137 Å². The Balaban J connectivity index is 2.29. The maximum absolute atomic E-state index is 6.07. The molecule has 2 aromatic rings. The fourth-order valence-electron chi connectivity index (χ4n) is 1.63. The largest absolute Gasteiger partial charge is 0.470 e. The number of halogens is 2. The van der Waals surface area contributed by atoms with E-state index in [1.165, 1.54) is 0 Å². The van der Waals surface area contributed by atoms with Gasteiger partial charge in [-0.1, -0.05) is 17.7 Å². The minimum absolute atomic E-state index is 0.365. The number of benzene rings is 1. The molecule has 0 saturated carbocycles. The molecule has 3 N–H and O–H groups in total. The molecule has 4 nitrogen and oxygen atoms in total. The first-order valence-corrected chi connectivity index (χ1v) is 7.60. The summed E-state index contributed by atoms with van der Waals surface area (Å²) >= 11 is 9.51. The van der Waals surface area contributed by atoms with Gasteiger partial charge in [0, 0.05) is 0 Å². The highest BCUT2D eigenvalue weighted by molar-refractivity contribution is 9.10. The number of pyridine rings is 1. The van der Waals surface area contributed by atoms with Crippen LogP contribution in [0.25, 0.3) is 0 Å². The maximum atomic E-state index is 6.07. The normalized spacial score (nSPS) is 11.3. The zero-order chi connectivity index (χ0) is 15.6. The quantitative estimate of drug-likeness (QED) is 0.798. The summed E-state index contributed by atoms with van der Waals surface area (Å²) in [4.78, 5) is 4.40. The molecule has 0 fully saturated rings. The molecule has 0 unspecified atom stereocenters. The zero-order valence-electron chi connectivity index (χ0n) is 12.1. The van der Waals surface area contributed by atoms with Gasteiger partial charge in [-0.15, -0.1) is 0 Å². The number of nitrogen functional groups attached to an aromatic ring is 1. The van der Waals surface area contributed by atoms with Crippen LogP contribution in [0.3, 0.4) is 0 Å². The molecule has 1 heterocycles. The Kier molecular flexibility index (Phi) is 4.64. The van der Waals surface area contributed by atoms with Crippen molar-refractivity contribution in [2.45, 2.75) is 26.4 Å². The summed E-state index contributed by atoms with van der Waals surface area (Å²) in [7, 11) is 0. The van der Waals surface area contributed by atoms with Crippen LogP contribution >= 0.6 is 27.5 Å². The van der Waals surface area contributed by atoms with E-state index in [1.54, 1.807) is 18.2 Å². The van der Waals surface area contributed by atoms with Crippen LogP contribution in [0.5, 0.6) is 5.88 Å². The highest BCUT2D eigenvalue weighted by Gasteiger charge is 2.16. The molecule has 1 aromatic heterocycles. The number of hydrogen-bond acceptors (Lipinski definition) is 4. The molecule has 0 aliphatic rings. The van der Waals surface area contributed by atoms with E-state index >= 15 is 0 Å². The van der Waals surface area contributed by atoms with E-state index in [0.717, 1.165) is 10.2 Å². The van der Waals surface area contributed by atoms with Crippen molar-refractivity contribution in [2.75, 3.05) is 11.1 Å². The van der Waals surface area contributed by atoms with Crippen molar-refractivity contribution < 1.29 is 4.74 Å². The summed E-state index contributed by atoms with van der Waals surface area (Å²) in [5.74, 6) is 1.04. The lowest BCUT2D eigenvalue weighted by atomic mass is 10.2. The summed E-state index contributed by atoms with van der Waals surface area (Å²) in [6.07, 6.45) is 0. The van der Waals surface area contributed by atoms with E-state index in [-0.39, 0.29) is 5.60 Å². The van der Waals surface area contributed by atoms with E-state index in [0.29, 0.717) is 22.4 Å². The number of nitrogens with one attached hydrogen (secondary N) is 1. The first-order chi connectivity index (χ1) is 9.76. The van der Waals surface area contributed by atoms with Gasteiger partial charge in [-0.05, 0) is 61.0 Å². The van der Waals surface area contributed by atoms with Crippen LogP contribution in [0.15, 0.2) is 34.8 Å². The van der Waals surface area contributed by atoms with Crippen LogP contribution in [-0.2, 0) is 0 Å². The Morgan fingerprint density at radius 3 is 2.62 bits per heavy atom. The van der Waals surface area contributed by atoms with Crippen molar-refractivity contribution in [1.82, 2.24) is 4.98 Å². The van der Waals surface area contributed by atoms with Gasteiger partial charge in [0.1, 0.15) is 11.4 Å². The van der Waals surface area contributed by atoms with Crippen molar-refractivity contribution in [3.63, 3.8) is 0 Å². The highest BCUT2D eigenvalue weighted by Crippen LogP contribution is 2.33. The van der Waals surface area contributed by atoms with E-state index in [9.17, 15) is 0 Å². The molecule has 2 rings (SSSR count). The molecular weight excluding hydrogens is 354 g/mol. The fourth-order valence-corrected chi connectivity index (χ4v) is 2.17. The summed E-state index contributed by atoms with van der Waals surface area (Å²) in [6, 6.07) is 9.12. The van der Waals surface area contributed by atoms with E-state index in [2.05, 4.69) is 26.2 Å². The van der Waals surface area contributed by atoms with Gasteiger partial charge in [-0.2, -0.15) is 4.98 Å². The summed E-state index contributed by atoms with van der Waals surface area (Å²) in [6.45, 7) is 5.84. The molecule has 0 amide bonds. The molecule has 0 aliphatic carbocycles. The molecule has 0 bridgehead atoms. The lowest BCUT2D eigenvalue weighted by molar-refractivity contribution is 0.125. The second-order valence-electron chi connectivity index (χ2n) is 5.53. The fraction of sp³-hybridized carbons (Fsp3) is 0.267. The number of nitrogens with two attached hydrogens (primary N) is 1. The topological polar surface area (TPSA) is 60.2 Å². The number of hydrogen-bond donors (Lipinski definition) is 2. The second-order valence-corrected chi connectivity index (χ2v) is 6.73. The molecule has 1 aromatic carbocycles. The van der Waals surface area contributed by atoms with E-state index in [4.69, 9.17) is 22.1 Å². The second kappa shape index (κ2) is 6.12. The van der Waals surface area contributed by atoms with Crippen LogP contribution in [0.1, 0.15) is 20.8 Å². The third-order valence-corrected chi connectivity index (χ3v) is 3.90. The van der Waals surface area contributed by atoms with Gasteiger partial charge in [-0.3, -0.25) is 0 Å². The van der Waals surface area contributed by atoms with Crippen molar-refractivity contribution in [1.29, 1.82) is 0 Å². The maximum Gasteiger partial charge on any atom is 0.239 e. The van der Waals surface area contributed by atoms with E-state index < -0.39 is 0 Å². The molecule has 0 saturated heterocycles. The van der Waals surface area contributed by atoms with Gasteiger partial charge >= 0.3 is 0 Å². The van der Waals surface area contributed by atoms with Crippen molar-refractivity contribution >= 4 is 44.7 Å². The third-order valence-electron chi connectivity index (χ3n) is 2.51. The van der Waals surface area contributed by atoms with Crippen LogP contribution in [0, 0.1) is 0 Å². The van der Waals surface area contributed by atoms with Crippen LogP contribution in [-0.4, -0.2) is 10.6 Å². The van der Waals surface area contributed by atoms with Crippen LogP contribution < -0.4 is 15.8 Å². The summed E-state index contributed by atoms with van der Waals surface area (Å²) in [5, 5.41) is 3.81. The number of anilines is 3. The van der Waals surface area contributed by atoms with Crippen molar-refractivity contribution in [3.8, 4) is 5.88 Å². The predicted octanol–water partition coefficient (Wildman–Crippen LogP) is 5.00. The van der Waals surface area contributed by atoms with Crippen LogP contribution in [0.4, 0.5) is 17.2 Å². The van der Waals surface area contributed by atoms with Gasteiger partial charge in [0.05, 0.1) is 20.9 Å². The number of rotatable bonds is 3. The molecule has 112 valence electrons. The molecule has 0 radical (unpaired) electrons. The van der Waals surface area contributed by atoms with Gasteiger partial charge in [0.15, 0.2) is 0 Å². The van der Waals surface area contributed by atoms with Crippen molar-refractivity contribution in [2.24, 2.45) is 0 Å². The molecule has 0 atom stereocenters. The highest BCUT2D eigenvalue weighted by atomic mass is 79.9. The lowest BCUT2D eigenvalue weighted by Gasteiger charge is -2.21. The SMILES string of the molecule is CC(C)(C)Oc1nc(Nc2cccc(Cl)c2Br)ccc1N. The number of ether oxygens (including phenoxy) is 1. The summed E-state index contributed by atoms with van der Waals surface area (Å²) < 4.78 is 6.53. The van der Waals surface area contributed by atoms with Gasteiger partial charge in [0.2, 0.25) is 5.88 Å².